The summed E-state index contributed by atoms with van der Waals surface area (Å²) in [5, 5.41) is 0. The van der Waals surface area contributed by atoms with E-state index in [2.05, 4.69) is 154 Å². The Morgan fingerprint density at radius 2 is 0.636 bits per heavy atom. The third-order valence-electron chi connectivity index (χ3n) is 10.7. The topological polar surface area (TPSA) is 61.8 Å². The molecule has 0 aromatic carbocycles. The zero-order valence-corrected chi connectivity index (χ0v) is 42.7. The molecular formula is C61H98O5. The van der Waals surface area contributed by atoms with Gasteiger partial charge in [-0.25, -0.2) is 0 Å². The maximum absolute atomic E-state index is 12.8. The fourth-order valence-electron chi connectivity index (χ4n) is 6.80. The Hall–Kier alpha value is -3.96. The third-order valence-corrected chi connectivity index (χ3v) is 10.7. The highest BCUT2D eigenvalue weighted by atomic mass is 16.6. The van der Waals surface area contributed by atoms with Crippen molar-refractivity contribution in [3.05, 3.63) is 134 Å². The lowest BCUT2D eigenvalue weighted by atomic mass is 10.1. The van der Waals surface area contributed by atoms with Crippen LogP contribution in [0.2, 0.25) is 0 Å². The molecule has 5 heteroatoms. The second-order valence-corrected chi connectivity index (χ2v) is 17.0. The number of esters is 2. The van der Waals surface area contributed by atoms with Crippen molar-refractivity contribution < 1.29 is 23.8 Å². The first-order chi connectivity index (χ1) is 32.6. The van der Waals surface area contributed by atoms with Gasteiger partial charge in [0.2, 0.25) is 0 Å². The molecule has 0 saturated heterocycles. The molecule has 0 aromatic rings. The summed E-state index contributed by atoms with van der Waals surface area (Å²) >= 11 is 0. The van der Waals surface area contributed by atoms with Crippen molar-refractivity contribution in [1.82, 2.24) is 0 Å². The van der Waals surface area contributed by atoms with Crippen LogP contribution in [0.5, 0.6) is 0 Å². The molecule has 0 heterocycles. The minimum absolute atomic E-state index is 0.0465. The highest BCUT2D eigenvalue weighted by Crippen LogP contribution is 2.12. The summed E-state index contributed by atoms with van der Waals surface area (Å²) in [6, 6.07) is 0. The van der Waals surface area contributed by atoms with Crippen LogP contribution in [0.15, 0.2) is 134 Å². The van der Waals surface area contributed by atoms with E-state index in [1.165, 1.54) is 38.5 Å². The number of carbonyl (C=O) groups is 2. The van der Waals surface area contributed by atoms with Crippen LogP contribution in [-0.2, 0) is 23.8 Å². The third kappa shape index (κ3) is 52.7. The number of unbranched alkanes of at least 4 members (excludes halogenated alkanes) is 14. The Morgan fingerprint density at radius 1 is 0.333 bits per heavy atom. The summed E-state index contributed by atoms with van der Waals surface area (Å²) < 4.78 is 17.4. The van der Waals surface area contributed by atoms with E-state index in [4.69, 9.17) is 14.2 Å². The number of carbonyl (C=O) groups excluding carboxylic acids is 2. The van der Waals surface area contributed by atoms with Gasteiger partial charge in [-0.1, -0.05) is 206 Å². The molecular weight excluding hydrogens is 813 g/mol. The van der Waals surface area contributed by atoms with E-state index in [-0.39, 0.29) is 25.2 Å². The Kier molecular flexibility index (Phi) is 52.0. The molecule has 1 unspecified atom stereocenters. The van der Waals surface area contributed by atoms with Gasteiger partial charge in [-0.15, -0.1) is 0 Å². The predicted octanol–water partition coefficient (Wildman–Crippen LogP) is 18.3. The summed E-state index contributed by atoms with van der Waals surface area (Å²) in [5.41, 5.74) is 0. The first-order valence-corrected chi connectivity index (χ1v) is 26.7. The van der Waals surface area contributed by atoms with Gasteiger partial charge >= 0.3 is 11.9 Å². The fourth-order valence-corrected chi connectivity index (χ4v) is 6.80. The van der Waals surface area contributed by atoms with Crippen molar-refractivity contribution in [2.45, 2.75) is 219 Å². The Bertz CT molecular complexity index is 1400. The summed E-state index contributed by atoms with van der Waals surface area (Å²) in [6.07, 6.45) is 78.9. The highest BCUT2D eigenvalue weighted by molar-refractivity contribution is 5.70. The monoisotopic (exact) mass is 911 g/mol. The van der Waals surface area contributed by atoms with Gasteiger partial charge in [0, 0.05) is 19.4 Å². The molecule has 0 aliphatic rings. The molecule has 5 nitrogen and oxygen atoms in total. The van der Waals surface area contributed by atoms with Crippen molar-refractivity contribution in [2.75, 3.05) is 19.8 Å². The van der Waals surface area contributed by atoms with Crippen molar-refractivity contribution >= 4 is 11.9 Å². The number of hydrogen-bond acceptors (Lipinski definition) is 5. The van der Waals surface area contributed by atoms with Crippen LogP contribution < -0.4 is 0 Å². The number of ether oxygens (including phenoxy) is 3. The Labute approximate surface area is 407 Å². The van der Waals surface area contributed by atoms with E-state index in [0.29, 0.717) is 19.4 Å². The van der Waals surface area contributed by atoms with Gasteiger partial charge in [0.15, 0.2) is 6.10 Å². The van der Waals surface area contributed by atoms with Crippen LogP contribution in [0.3, 0.4) is 0 Å². The zero-order valence-electron chi connectivity index (χ0n) is 42.7. The average molecular weight is 911 g/mol. The molecule has 0 radical (unpaired) electrons. The fraction of sp³-hybridized carbons (Fsp3) is 0.607. The minimum Gasteiger partial charge on any atom is -0.462 e. The summed E-state index contributed by atoms with van der Waals surface area (Å²) in [7, 11) is 0. The number of hydrogen-bond donors (Lipinski definition) is 0. The van der Waals surface area contributed by atoms with Crippen molar-refractivity contribution in [1.29, 1.82) is 0 Å². The van der Waals surface area contributed by atoms with Crippen LogP contribution in [0.1, 0.15) is 213 Å². The molecule has 0 fully saturated rings. The molecule has 0 aromatic heterocycles. The van der Waals surface area contributed by atoms with Gasteiger partial charge in [-0.3, -0.25) is 9.59 Å². The van der Waals surface area contributed by atoms with E-state index in [1.54, 1.807) is 0 Å². The zero-order chi connectivity index (χ0) is 47.7. The quantitative estimate of drug-likeness (QED) is 0.0346. The van der Waals surface area contributed by atoms with Crippen molar-refractivity contribution in [3.63, 3.8) is 0 Å². The van der Waals surface area contributed by atoms with E-state index in [0.717, 1.165) is 141 Å². The van der Waals surface area contributed by atoms with Crippen molar-refractivity contribution in [2.24, 2.45) is 0 Å². The largest absolute Gasteiger partial charge is 0.462 e. The van der Waals surface area contributed by atoms with E-state index in [1.807, 2.05) is 0 Å². The molecule has 0 spiro atoms. The van der Waals surface area contributed by atoms with Gasteiger partial charge in [0.1, 0.15) is 6.61 Å². The molecule has 1 atom stereocenters. The van der Waals surface area contributed by atoms with Gasteiger partial charge in [-0.2, -0.15) is 0 Å². The highest BCUT2D eigenvalue weighted by Gasteiger charge is 2.17. The first kappa shape index (κ1) is 62.0. The summed E-state index contributed by atoms with van der Waals surface area (Å²) in [6.45, 7) is 7.39. The van der Waals surface area contributed by atoms with E-state index >= 15 is 0 Å². The average Bonchev–Trinajstić information content (AvgIpc) is 3.32. The maximum Gasteiger partial charge on any atom is 0.306 e. The van der Waals surface area contributed by atoms with Crippen LogP contribution in [0.25, 0.3) is 0 Å². The number of allylic oxidation sites excluding steroid dienone is 22. The Balaban J connectivity index is 4.42. The molecule has 66 heavy (non-hydrogen) atoms. The normalized spacial score (nSPS) is 13.3. The SMILES string of the molecule is CC/C=C\C/C=C\C/C=C\C/C=C\C/C=C\CCCCCC(=O)OCC(COCCCCCCCC/C=C\C/C=C\C/C=C\CC)OC(=O)CCCCCCC/C=C\C/C=C\C/C=C\CC. The second-order valence-electron chi connectivity index (χ2n) is 17.0. The molecule has 372 valence electrons. The molecule has 0 bridgehead atoms. The van der Waals surface area contributed by atoms with Crippen LogP contribution >= 0.6 is 0 Å². The molecule has 0 rings (SSSR count). The van der Waals surface area contributed by atoms with E-state index in [9.17, 15) is 9.59 Å². The van der Waals surface area contributed by atoms with E-state index < -0.39 is 6.10 Å². The molecule has 0 N–H and O–H groups in total. The van der Waals surface area contributed by atoms with Gasteiger partial charge in [-0.05, 0) is 128 Å². The summed E-state index contributed by atoms with van der Waals surface area (Å²) in [5.74, 6) is -0.470. The van der Waals surface area contributed by atoms with Crippen LogP contribution in [0, 0.1) is 0 Å². The van der Waals surface area contributed by atoms with Crippen LogP contribution in [0.4, 0.5) is 0 Å². The summed E-state index contributed by atoms with van der Waals surface area (Å²) in [4.78, 5) is 25.5. The standard InChI is InChI=1S/C61H98O5/c1-4-7-10-13-16-19-22-25-28-30-31-32-34-36-39-42-45-48-51-54-60(62)65-58-59(57-64-56-53-50-47-44-41-38-35-29-26-23-20-17-14-11-8-5-2)66-61(63)55-52-49-46-43-40-37-33-27-24-21-18-15-12-9-6-3/h7-12,16-21,25-29,31-33,36,39,59H,4-6,13-15,22-24,30,34-35,37-38,40-58H2,1-3H3/b10-7-,11-8-,12-9-,19-16-,20-17-,21-18-,28-25-,29-26-,32-31-,33-27-,39-36-. The van der Waals surface area contributed by atoms with Gasteiger partial charge < -0.3 is 14.2 Å². The lowest BCUT2D eigenvalue weighted by molar-refractivity contribution is -0.163. The lowest BCUT2D eigenvalue weighted by Crippen LogP contribution is -2.30. The predicted molar refractivity (Wildman–Crippen MR) is 288 cm³/mol. The second kappa shape index (κ2) is 55.4. The maximum atomic E-state index is 12.8. The molecule has 0 aliphatic carbocycles. The van der Waals surface area contributed by atoms with Crippen LogP contribution in [-0.4, -0.2) is 37.9 Å². The van der Waals surface area contributed by atoms with Gasteiger partial charge in [0.05, 0.1) is 6.61 Å². The molecule has 0 aliphatic heterocycles. The Morgan fingerprint density at radius 3 is 1.03 bits per heavy atom. The first-order valence-electron chi connectivity index (χ1n) is 26.7. The molecule has 0 amide bonds. The lowest BCUT2D eigenvalue weighted by Gasteiger charge is -2.18. The minimum atomic E-state index is -0.576. The van der Waals surface area contributed by atoms with Crippen molar-refractivity contribution in [3.8, 4) is 0 Å². The van der Waals surface area contributed by atoms with Gasteiger partial charge in [0.25, 0.3) is 0 Å². The smallest absolute Gasteiger partial charge is 0.306 e. The molecule has 0 saturated carbocycles. The number of rotatable bonds is 47.